The van der Waals surface area contributed by atoms with Crippen molar-refractivity contribution in [3.05, 3.63) is 53.0 Å². The highest BCUT2D eigenvalue weighted by Gasteiger charge is 2.27. The molecule has 0 bridgehead atoms. The largest absolute Gasteiger partial charge is 0.464 e. The minimum atomic E-state index is -1.00. The molecule has 201 valence electrons. The van der Waals surface area contributed by atoms with Gasteiger partial charge in [0.15, 0.2) is 17.2 Å². The Morgan fingerprint density at radius 2 is 2.05 bits per heavy atom. The molecule has 0 aliphatic carbocycles. The number of benzene rings is 1. The molecule has 3 aromatic rings. The molecule has 1 amide bonds. The molecular weight excluding hydrogens is 501 g/mol. The summed E-state index contributed by atoms with van der Waals surface area (Å²) < 4.78 is 45.6. The van der Waals surface area contributed by atoms with Gasteiger partial charge in [0.25, 0.3) is 5.91 Å². The zero-order chi connectivity index (χ0) is 27.1. The fourth-order valence-electron chi connectivity index (χ4n) is 4.11. The summed E-state index contributed by atoms with van der Waals surface area (Å²) >= 11 is 0. The lowest BCUT2D eigenvalue weighted by Gasteiger charge is -2.22. The van der Waals surface area contributed by atoms with E-state index in [4.69, 9.17) is 14.1 Å². The maximum Gasteiger partial charge on any atom is 0.395 e. The molecule has 1 fully saturated rings. The molecule has 0 spiro atoms. The van der Waals surface area contributed by atoms with E-state index in [2.05, 4.69) is 25.6 Å². The van der Waals surface area contributed by atoms with Crippen LogP contribution in [0.1, 0.15) is 58.5 Å². The number of anilines is 1. The standard InChI is InChI=1S/C24H28BF2N6O5/c1-36-24(35)21-16(9-6-11-28-25-37-2)29-22(31-21)20-17(13-33(32-20)18-10-3-4-12-38-18)30-23(34)19-14(26)7-5-8-15(19)27/h5,7-8,13,18,28H,3-4,6,9-12H2,1-2H3,(H,29,31)(H,30,34). The summed E-state index contributed by atoms with van der Waals surface area (Å²) in [6, 6.07) is 3.17. The second-order valence-electron chi connectivity index (χ2n) is 8.56. The number of aromatic nitrogens is 4. The van der Waals surface area contributed by atoms with Crippen LogP contribution in [0.5, 0.6) is 0 Å². The molecule has 4 rings (SSSR count). The molecule has 11 nitrogen and oxygen atoms in total. The average Bonchev–Trinajstić information content (AvgIpc) is 3.53. The van der Waals surface area contributed by atoms with E-state index in [1.165, 1.54) is 38.8 Å². The molecule has 1 saturated heterocycles. The number of rotatable bonds is 11. The minimum Gasteiger partial charge on any atom is -0.464 e. The van der Waals surface area contributed by atoms with Gasteiger partial charge in [0, 0.05) is 13.7 Å². The van der Waals surface area contributed by atoms with Crippen molar-refractivity contribution in [2.24, 2.45) is 0 Å². The number of amides is 1. The summed E-state index contributed by atoms with van der Waals surface area (Å²) in [7, 11) is 4.23. The number of carbonyl (C=O) groups is 2. The number of halogens is 2. The first-order chi connectivity index (χ1) is 18.4. The van der Waals surface area contributed by atoms with Crippen molar-refractivity contribution in [3.63, 3.8) is 0 Å². The van der Waals surface area contributed by atoms with Crippen LogP contribution in [0.15, 0.2) is 24.4 Å². The highest BCUT2D eigenvalue weighted by molar-refractivity contribution is 6.23. The number of aryl methyl sites for hydroxylation is 1. The molecule has 38 heavy (non-hydrogen) atoms. The van der Waals surface area contributed by atoms with Crippen molar-refractivity contribution < 1.29 is 32.5 Å². The van der Waals surface area contributed by atoms with Crippen LogP contribution in [0.3, 0.4) is 0 Å². The molecule has 3 heterocycles. The molecule has 1 aromatic carbocycles. The Kier molecular flexibility index (Phi) is 9.21. The van der Waals surface area contributed by atoms with Gasteiger partial charge in [-0.3, -0.25) is 4.79 Å². The van der Waals surface area contributed by atoms with Gasteiger partial charge in [-0.15, -0.1) is 0 Å². The third-order valence-electron chi connectivity index (χ3n) is 5.95. The first kappa shape index (κ1) is 27.4. The SMILES string of the molecule is CO[B]NCCCc1[nH]c(-c2nn(C3CCCCO3)cc2NC(=O)c2c(F)cccc2F)nc1C(=O)OC. The minimum absolute atomic E-state index is 0.0686. The van der Waals surface area contributed by atoms with Gasteiger partial charge in [-0.2, -0.15) is 5.10 Å². The van der Waals surface area contributed by atoms with Crippen LogP contribution < -0.4 is 10.5 Å². The van der Waals surface area contributed by atoms with Crippen LogP contribution >= 0.6 is 0 Å². The van der Waals surface area contributed by atoms with Crippen LogP contribution in [-0.2, 0) is 20.5 Å². The lowest BCUT2D eigenvalue weighted by atomic mass is 10.1. The highest BCUT2D eigenvalue weighted by Crippen LogP contribution is 2.31. The van der Waals surface area contributed by atoms with Crippen LogP contribution in [0, 0.1) is 11.6 Å². The summed E-state index contributed by atoms with van der Waals surface area (Å²) in [6.45, 7) is 1.12. The van der Waals surface area contributed by atoms with Crippen LogP contribution in [-0.4, -0.2) is 66.6 Å². The van der Waals surface area contributed by atoms with Gasteiger partial charge in [-0.25, -0.2) is 23.2 Å². The second-order valence-corrected chi connectivity index (χ2v) is 8.56. The van der Waals surface area contributed by atoms with Crippen molar-refractivity contribution in [1.29, 1.82) is 0 Å². The number of nitrogens with one attached hydrogen (secondary N) is 3. The fraction of sp³-hybridized carbons (Fsp3) is 0.417. The smallest absolute Gasteiger partial charge is 0.395 e. The summed E-state index contributed by atoms with van der Waals surface area (Å²) in [6.07, 6.45) is 4.74. The van der Waals surface area contributed by atoms with Crippen LogP contribution in [0.25, 0.3) is 11.5 Å². The lowest BCUT2D eigenvalue weighted by Crippen LogP contribution is -2.22. The summed E-state index contributed by atoms with van der Waals surface area (Å²) in [5.74, 6) is -3.46. The van der Waals surface area contributed by atoms with E-state index >= 15 is 0 Å². The Labute approximate surface area is 218 Å². The average molecular weight is 529 g/mol. The number of hydrogen-bond donors (Lipinski definition) is 3. The van der Waals surface area contributed by atoms with Crippen molar-refractivity contribution in [3.8, 4) is 11.5 Å². The van der Waals surface area contributed by atoms with Crippen molar-refractivity contribution in [2.45, 2.75) is 38.3 Å². The number of hydrogen-bond acceptors (Lipinski definition) is 8. The van der Waals surface area contributed by atoms with E-state index in [1.807, 2.05) is 0 Å². The quantitative estimate of drug-likeness (QED) is 0.196. The summed E-state index contributed by atoms with van der Waals surface area (Å²) in [5.41, 5.74) is 0.161. The number of ether oxygens (including phenoxy) is 2. The van der Waals surface area contributed by atoms with Gasteiger partial charge in [-0.05, 0) is 50.8 Å². The maximum atomic E-state index is 14.3. The summed E-state index contributed by atoms with van der Waals surface area (Å²) in [4.78, 5) is 32.8. The molecule has 1 aliphatic heterocycles. The monoisotopic (exact) mass is 529 g/mol. The number of carbonyl (C=O) groups excluding carboxylic acids is 2. The number of imidazole rings is 1. The van der Waals surface area contributed by atoms with E-state index in [-0.39, 0.29) is 22.9 Å². The Morgan fingerprint density at radius 1 is 1.26 bits per heavy atom. The van der Waals surface area contributed by atoms with E-state index in [1.54, 1.807) is 0 Å². The molecule has 0 saturated carbocycles. The molecule has 1 atom stereocenters. The van der Waals surface area contributed by atoms with Gasteiger partial charge in [-0.1, -0.05) is 6.07 Å². The highest BCUT2D eigenvalue weighted by atomic mass is 19.1. The molecule has 1 aliphatic rings. The Hall–Kier alpha value is -3.62. The van der Waals surface area contributed by atoms with Gasteiger partial charge in [0.2, 0.25) is 0 Å². The van der Waals surface area contributed by atoms with E-state index in [0.29, 0.717) is 38.1 Å². The second kappa shape index (κ2) is 12.8. The van der Waals surface area contributed by atoms with Crippen molar-refractivity contribution in [2.75, 3.05) is 32.7 Å². The molecule has 14 heteroatoms. The number of aromatic amines is 1. The number of esters is 1. The maximum absolute atomic E-state index is 14.3. The number of H-pyrrole nitrogens is 1. The normalized spacial score (nSPS) is 15.3. The van der Waals surface area contributed by atoms with Gasteiger partial charge >= 0.3 is 13.6 Å². The van der Waals surface area contributed by atoms with Gasteiger partial charge in [0.1, 0.15) is 23.4 Å². The molecule has 1 radical (unpaired) electrons. The first-order valence-electron chi connectivity index (χ1n) is 12.1. The fourth-order valence-corrected chi connectivity index (χ4v) is 4.11. The van der Waals surface area contributed by atoms with Gasteiger partial charge in [0.05, 0.1) is 24.7 Å². The van der Waals surface area contributed by atoms with Crippen LogP contribution in [0.4, 0.5) is 14.5 Å². The Balaban J connectivity index is 1.69. The van der Waals surface area contributed by atoms with E-state index < -0.39 is 35.3 Å². The predicted octanol–water partition coefficient (Wildman–Crippen LogP) is 2.99. The predicted molar refractivity (Wildman–Crippen MR) is 133 cm³/mol. The first-order valence-corrected chi connectivity index (χ1v) is 12.1. The lowest BCUT2D eigenvalue weighted by molar-refractivity contribution is -0.0393. The van der Waals surface area contributed by atoms with E-state index in [9.17, 15) is 18.4 Å². The number of nitrogens with zero attached hydrogens (tertiary/aromatic N) is 3. The number of methoxy groups -OCH3 is 1. The van der Waals surface area contributed by atoms with Gasteiger partial charge < -0.3 is 29.7 Å². The molecule has 2 aromatic heterocycles. The van der Waals surface area contributed by atoms with Crippen LogP contribution in [0.2, 0.25) is 0 Å². The molecule has 3 N–H and O–H groups in total. The topological polar surface area (TPSA) is 132 Å². The summed E-state index contributed by atoms with van der Waals surface area (Å²) in [5, 5.41) is 10.1. The zero-order valence-electron chi connectivity index (χ0n) is 21.1. The third kappa shape index (κ3) is 6.26. The Bertz CT molecular complexity index is 1260. The Morgan fingerprint density at radius 3 is 2.74 bits per heavy atom. The van der Waals surface area contributed by atoms with E-state index in [0.717, 1.165) is 25.0 Å². The molecule has 1 unspecified atom stereocenters. The van der Waals surface area contributed by atoms with Crippen molar-refractivity contribution in [1.82, 2.24) is 25.0 Å². The third-order valence-corrected chi connectivity index (χ3v) is 5.95. The zero-order valence-corrected chi connectivity index (χ0v) is 21.1. The molecular formula is C24H28BF2N6O5. The van der Waals surface area contributed by atoms with Crippen molar-refractivity contribution >= 4 is 25.2 Å².